The molecule has 1 saturated carbocycles. The van der Waals surface area contributed by atoms with Crippen LogP contribution >= 0.6 is 0 Å². The van der Waals surface area contributed by atoms with Crippen LogP contribution in [0.1, 0.15) is 31.2 Å². The summed E-state index contributed by atoms with van der Waals surface area (Å²) in [6, 6.07) is 15.8. The van der Waals surface area contributed by atoms with Crippen LogP contribution < -0.4 is 25.3 Å². The minimum Gasteiger partial charge on any atom is -0.489 e. The number of carbonyl (C=O) groups is 1. The van der Waals surface area contributed by atoms with E-state index in [0.717, 1.165) is 31.2 Å². The normalized spacial score (nSPS) is 23.7. The predicted octanol–water partition coefficient (Wildman–Crippen LogP) is 2.79. The molecule has 0 spiro atoms. The van der Waals surface area contributed by atoms with Gasteiger partial charge in [0.25, 0.3) is 5.91 Å². The number of hydrogen-bond acceptors (Lipinski definition) is 5. The van der Waals surface area contributed by atoms with Gasteiger partial charge < -0.3 is 25.3 Å². The minimum atomic E-state index is -0.660. The summed E-state index contributed by atoms with van der Waals surface area (Å²) in [5.74, 6) is 1.69. The van der Waals surface area contributed by atoms with Crippen molar-refractivity contribution < 1.29 is 19.0 Å². The molecule has 1 amide bonds. The Bertz CT molecular complexity index is 803. The van der Waals surface area contributed by atoms with E-state index in [1.165, 1.54) is 0 Å². The number of amides is 1. The van der Waals surface area contributed by atoms with Crippen molar-refractivity contribution in [3.05, 3.63) is 54.1 Å². The van der Waals surface area contributed by atoms with Crippen molar-refractivity contribution >= 4 is 5.91 Å². The Morgan fingerprint density at radius 2 is 1.86 bits per heavy atom. The second-order valence-electron chi connectivity index (χ2n) is 7.42. The monoisotopic (exact) mass is 382 g/mol. The Hall–Kier alpha value is -2.73. The van der Waals surface area contributed by atoms with E-state index in [2.05, 4.69) is 5.32 Å². The molecule has 0 aromatic heterocycles. The first-order valence-electron chi connectivity index (χ1n) is 9.83. The van der Waals surface area contributed by atoms with Gasteiger partial charge in [-0.25, -0.2) is 0 Å². The molecule has 2 aromatic rings. The maximum absolute atomic E-state index is 12.6. The number of nitrogens with two attached hydrogens (primary N) is 1. The zero-order chi connectivity index (χ0) is 19.3. The Balaban J connectivity index is 1.35. The van der Waals surface area contributed by atoms with Gasteiger partial charge in [-0.2, -0.15) is 0 Å². The molecule has 6 nitrogen and oxygen atoms in total. The summed E-state index contributed by atoms with van der Waals surface area (Å²) in [7, 11) is 0. The fourth-order valence-electron chi connectivity index (χ4n) is 3.57. The molecule has 1 atom stereocenters. The van der Waals surface area contributed by atoms with Crippen molar-refractivity contribution in [2.24, 2.45) is 5.73 Å². The summed E-state index contributed by atoms with van der Waals surface area (Å²) < 4.78 is 17.5. The molecule has 1 aliphatic heterocycles. The molecular weight excluding hydrogens is 356 g/mol. The summed E-state index contributed by atoms with van der Waals surface area (Å²) in [4.78, 5) is 12.6. The number of fused-ring (bicyclic) bond motifs is 1. The summed E-state index contributed by atoms with van der Waals surface area (Å²) >= 11 is 0. The van der Waals surface area contributed by atoms with Gasteiger partial charge in [0, 0.05) is 18.2 Å². The van der Waals surface area contributed by atoms with E-state index in [1.54, 1.807) is 6.07 Å². The van der Waals surface area contributed by atoms with Gasteiger partial charge >= 0.3 is 0 Å². The lowest BCUT2D eigenvalue weighted by Gasteiger charge is -2.30. The lowest BCUT2D eigenvalue weighted by Crippen LogP contribution is -2.49. The van der Waals surface area contributed by atoms with Crippen molar-refractivity contribution in [2.45, 2.75) is 50.5 Å². The molecule has 1 heterocycles. The molecule has 1 fully saturated rings. The third-order valence-electron chi connectivity index (χ3n) is 5.23. The highest BCUT2D eigenvalue weighted by Crippen LogP contribution is 2.35. The standard InChI is InChI=1S/C22H26N2O4/c23-16-6-8-17(9-7-16)24-22(25)21-14-27-19-11-10-18(12-20(19)28-21)26-13-15-4-2-1-3-5-15/h1-5,10-12,16-17,21H,6-9,13-14,23H2,(H,24,25). The second kappa shape index (κ2) is 8.52. The van der Waals surface area contributed by atoms with E-state index in [-0.39, 0.29) is 24.6 Å². The summed E-state index contributed by atoms with van der Waals surface area (Å²) in [5.41, 5.74) is 7.02. The van der Waals surface area contributed by atoms with Crippen LogP contribution in [-0.2, 0) is 11.4 Å². The van der Waals surface area contributed by atoms with Gasteiger partial charge in [-0.1, -0.05) is 30.3 Å². The van der Waals surface area contributed by atoms with E-state index in [4.69, 9.17) is 19.9 Å². The molecule has 1 unspecified atom stereocenters. The van der Waals surface area contributed by atoms with Crippen LogP contribution in [0.15, 0.2) is 48.5 Å². The third-order valence-corrected chi connectivity index (χ3v) is 5.23. The highest BCUT2D eigenvalue weighted by atomic mass is 16.6. The third kappa shape index (κ3) is 4.57. The van der Waals surface area contributed by atoms with Gasteiger partial charge in [0.15, 0.2) is 11.5 Å². The quantitative estimate of drug-likeness (QED) is 0.831. The average Bonchev–Trinajstić information content (AvgIpc) is 2.74. The number of benzene rings is 2. The Kier molecular flexibility index (Phi) is 5.67. The topological polar surface area (TPSA) is 82.8 Å². The van der Waals surface area contributed by atoms with Crippen LogP contribution in [0.4, 0.5) is 0 Å². The van der Waals surface area contributed by atoms with Crippen LogP contribution in [0.2, 0.25) is 0 Å². The molecule has 28 heavy (non-hydrogen) atoms. The first-order chi connectivity index (χ1) is 13.7. The van der Waals surface area contributed by atoms with E-state index >= 15 is 0 Å². The fourth-order valence-corrected chi connectivity index (χ4v) is 3.57. The summed E-state index contributed by atoms with van der Waals surface area (Å²) in [5, 5.41) is 3.07. The lowest BCUT2D eigenvalue weighted by molar-refractivity contribution is -0.131. The van der Waals surface area contributed by atoms with Gasteiger partial charge in [-0.15, -0.1) is 0 Å². The predicted molar refractivity (Wildman–Crippen MR) is 106 cm³/mol. The molecule has 3 N–H and O–H groups in total. The van der Waals surface area contributed by atoms with Crippen molar-refractivity contribution in [1.29, 1.82) is 0 Å². The fraction of sp³-hybridized carbons (Fsp3) is 0.409. The number of ether oxygens (including phenoxy) is 3. The highest BCUT2D eigenvalue weighted by Gasteiger charge is 2.30. The number of hydrogen-bond donors (Lipinski definition) is 2. The van der Waals surface area contributed by atoms with Crippen molar-refractivity contribution in [3.63, 3.8) is 0 Å². The van der Waals surface area contributed by atoms with E-state index < -0.39 is 6.10 Å². The maximum Gasteiger partial charge on any atom is 0.264 e. The maximum atomic E-state index is 12.6. The average molecular weight is 382 g/mol. The first-order valence-corrected chi connectivity index (χ1v) is 9.83. The SMILES string of the molecule is NC1CCC(NC(=O)C2COc3ccc(OCc4ccccc4)cc3O2)CC1. The molecule has 6 heteroatoms. The molecule has 148 valence electrons. The first kappa shape index (κ1) is 18.6. The van der Waals surface area contributed by atoms with Gasteiger partial charge in [-0.3, -0.25) is 4.79 Å². The van der Waals surface area contributed by atoms with Crippen LogP contribution in [0.25, 0.3) is 0 Å². The van der Waals surface area contributed by atoms with E-state index in [0.29, 0.717) is 23.9 Å². The minimum absolute atomic E-state index is 0.137. The van der Waals surface area contributed by atoms with Gasteiger partial charge in [0.1, 0.15) is 19.0 Å². The molecular formula is C22H26N2O4. The van der Waals surface area contributed by atoms with Gasteiger partial charge in [0.2, 0.25) is 6.10 Å². The second-order valence-corrected chi connectivity index (χ2v) is 7.42. The molecule has 2 aromatic carbocycles. The molecule has 0 saturated heterocycles. The lowest BCUT2D eigenvalue weighted by atomic mass is 9.92. The molecule has 2 aliphatic rings. The molecule has 1 aliphatic carbocycles. The van der Waals surface area contributed by atoms with Crippen LogP contribution in [0, 0.1) is 0 Å². The zero-order valence-electron chi connectivity index (χ0n) is 15.8. The largest absolute Gasteiger partial charge is 0.489 e. The Labute approximate surface area is 165 Å². The van der Waals surface area contributed by atoms with E-state index in [9.17, 15) is 4.79 Å². The molecule has 4 rings (SSSR count). The molecule has 0 bridgehead atoms. The van der Waals surface area contributed by atoms with Gasteiger partial charge in [-0.05, 0) is 43.4 Å². The Morgan fingerprint density at radius 1 is 1.07 bits per heavy atom. The molecule has 0 radical (unpaired) electrons. The van der Waals surface area contributed by atoms with Crippen LogP contribution in [0.5, 0.6) is 17.2 Å². The number of nitrogens with one attached hydrogen (secondary N) is 1. The number of carbonyl (C=O) groups excluding carboxylic acids is 1. The number of rotatable bonds is 5. The smallest absolute Gasteiger partial charge is 0.264 e. The van der Waals surface area contributed by atoms with Crippen molar-refractivity contribution in [2.75, 3.05) is 6.61 Å². The van der Waals surface area contributed by atoms with Gasteiger partial charge in [0.05, 0.1) is 0 Å². The van der Waals surface area contributed by atoms with Crippen molar-refractivity contribution in [3.8, 4) is 17.2 Å². The zero-order valence-corrected chi connectivity index (χ0v) is 15.8. The summed E-state index contributed by atoms with van der Waals surface area (Å²) in [6.07, 6.45) is 3.05. The highest BCUT2D eigenvalue weighted by molar-refractivity contribution is 5.82. The van der Waals surface area contributed by atoms with Crippen LogP contribution in [-0.4, -0.2) is 30.7 Å². The van der Waals surface area contributed by atoms with Crippen LogP contribution in [0.3, 0.4) is 0 Å². The summed E-state index contributed by atoms with van der Waals surface area (Å²) in [6.45, 7) is 0.670. The Morgan fingerprint density at radius 3 is 2.64 bits per heavy atom. The van der Waals surface area contributed by atoms with Crippen molar-refractivity contribution in [1.82, 2.24) is 5.32 Å². The van der Waals surface area contributed by atoms with E-state index in [1.807, 2.05) is 42.5 Å².